The molecule has 2 fully saturated rings. The van der Waals surface area contributed by atoms with Crippen molar-refractivity contribution in [2.24, 2.45) is 5.41 Å². The summed E-state index contributed by atoms with van der Waals surface area (Å²) < 4.78 is 24.7. The van der Waals surface area contributed by atoms with Crippen molar-refractivity contribution in [1.82, 2.24) is 5.32 Å². The second-order valence-electron chi connectivity index (χ2n) is 8.31. The average molecular weight is 351 g/mol. The number of aliphatic hydroxyl groups is 1. The van der Waals surface area contributed by atoms with E-state index in [9.17, 15) is 9.18 Å². The van der Waals surface area contributed by atoms with Crippen LogP contribution in [0, 0.1) is 11.2 Å². The number of alkyl carbamates (subject to hydrolysis) is 1. The number of carbonyl (C=O) groups excluding carboxylic acids is 1. The lowest BCUT2D eigenvalue weighted by molar-refractivity contribution is -0.0854. The number of aliphatic hydroxyl groups excluding tert-OH is 1. The van der Waals surface area contributed by atoms with Gasteiger partial charge in [-0.05, 0) is 57.9 Å². The number of ether oxygens (including phenoxy) is 2. The normalized spacial score (nSPS) is 28.0. The maximum absolute atomic E-state index is 13.7. The van der Waals surface area contributed by atoms with Crippen LogP contribution in [0.5, 0.6) is 5.75 Å². The first-order valence-electron chi connectivity index (χ1n) is 8.73. The van der Waals surface area contributed by atoms with E-state index < -0.39 is 11.4 Å². The highest BCUT2D eigenvalue weighted by atomic mass is 19.1. The van der Waals surface area contributed by atoms with Gasteiger partial charge in [0.1, 0.15) is 17.2 Å². The van der Waals surface area contributed by atoms with E-state index in [-0.39, 0.29) is 35.8 Å². The summed E-state index contributed by atoms with van der Waals surface area (Å²) in [4.78, 5) is 11.8. The van der Waals surface area contributed by atoms with Crippen LogP contribution in [0.4, 0.5) is 9.18 Å². The predicted molar refractivity (Wildman–Crippen MR) is 90.8 cm³/mol. The van der Waals surface area contributed by atoms with E-state index in [0.29, 0.717) is 5.75 Å². The van der Waals surface area contributed by atoms with E-state index in [2.05, 4.69) is 5.32 Å². The van der Waals surface area contributed by atoms with E-state index in [1.165, 1.54) is 6.07 Å². The van der Waals surface area contributed by atoms with Crippen LogP contribution in [0.15, 0.2) is 18.2 Å². The average Bonchev–Trinajstić information content (AvgIpc) is 2.40. The molecule has 0 aliphatic heterocycles. The van der Waals surface area contributed by atoms with Crippen molar-refractivity contribution in [1.29, 1.82) is 0 Å². The highest BCUT2D eigenvalue weighted by molar-refractivity contribution is 5.68. The first-order valence-corrected chi connectivity index (χ1v) is 8.73. The minimum Gasteiger partial charge on any atom is -0.490 e. The largest absolute Gasteiger partial charge is 0.490 e. The lowest BCUT2D eigenvalue weighted by Gasteiger charge is -2.57. The van der Waals surface area contributed by atoms with Crippen LogP contribution in [0.3, 0.4) is 0 Å². The highest BCUT2D eigenvalue weighted by Gasteiger charge is 2.54. The van der Waals surface area contributed by atoms with Gasteiger partial charge in [-0.1, -0.05) is 6.07 Å². The van der Waals surface area contributed by atoms with Gasteiger partial charge in [-0.15, -0.1) is 0 Å². The zero-order chi connectivity index (χ0) is 18.2. The van der Waals surface area contributed by atoms with Crippen molar-refractivity contribution in [3.05, 3.63) is 29.6 Å². The Labute approximate surface area is 147 Å². The molecule has 1 aromatic carbocycles. The van der Waals surface area contributed by atoms with Gasteiger partial charge in [-0.3, -0.25) is 0 Å². The molecule has 2 saturated carbocycles. The van der Waals surface area contributed by atoms with Crippen molar-refractivity contribution < 1.29 is 23.8 Å². The molecule has 2 aliphatic rings. The number of carbonyl (C=O) groups is 1. The quantitative estimate of drug-likeness (QED) is 0.871. The number of hydrogen-bond donors (Lipinski definition) is 2. The highest BCUT2D eigenvalue weighted by Crippen LogP contribution is 2.56. The smallest absolute Gasteiger partial charge is 0.407 e. The van der Waals surface area contributed by atoms with Crippen LogP contribution < -0.4 is 10.1 Å². The molecule has 1 spiro atoms. The molecule has 0 radical (unpaired) electrons. The molecule has 0 saturated heterocycles. The van der Waals surface area contributed by atoms with Gasteiger partial charge >= 0.3 is 6.09 Å². The van der Waals surface area contributed by atoms with Gasteiger partial charge in [0.2, 0.25) is 0 Å². The number of rotatable bonds is 4. The number of amides is 1. The molecular formula is C19H26FNO4. The Morgan fingerprint density at radius 3 is 2.56 bits per heavy atom. The third-order valence-electron chi connectivity index (χ3n) is 4.90. The molecule has 0 unspecified atom stereocenters. The maximum Gasteiger partial charge on any atom is 0.407 e. The summed E-state index contributed by atoms with van der Waals surface area (Å²) in [6.45, 7) is 5.22. The lowest BCUT2D eigenvalue weighted by atomic mass is 9.53. The molecule has 0 atom stereocenters. The van der Waals surface area contributed by atoms with Crippen molar-refractivity contribution >= 4 is 6.09 Å². The number of nitrogens with one attached hydrogen (secondary N) is 1. The molecule has 1 aromatic rings. The lowest BCUT2D eigenvalue weighted by Crippen LogP contribution is -2.59. The van der Waals surface area contributed by atoms with Gasteiger partial charge in [0.15, 0.2) is 0 Å². The van der Waals surface area contributed by atoms with Crippen LogP contribution >= 0.6 is 0 Å². The fraction of sp³-hybridized carbons (Fsp3) is 0.632. The Kier molecular flexibility index (Phi) is 4.66. The first kappa shape index (κ1) is 18.0. The topological polar surface area (TPSA) is 67.8 Å². The van der Waals surface area contributed by atoms with E-state index in [1.807, 2.05) is 20.8 Å². The summed E-state index contributed by atoms with van der Waals surface area (Å²) in [7, 11) is 0. The fourth-order valence-corrected chi connectivity index (χ4v) is 3.81. The van der Waals surface area contributed by atoms with Crippen LogP contribution in [-0.2, 0) is 11.3 Å². The molecule has 2 N–H and O–H groups in total. The molecule has 0 bridgehead atoms. The molecule has 6 heteroatoms. The molecule has 2 aliphatic carbocycles. The molecule has 138 valence electrons. The second-order valence-corrected chi connectivity index (χ2v) is 8.31. The van der Waals surface area contributed by atoms with Crippen LogP contribution in [0.25, 0.3) is 0 Å². The molecule has 25 heavy (non-hydrogen) atoms. The van der Waals surface area contributed by atoms with Crippen LogP contribution in [0.1, 0.15) is 52.0 Å². The van der Waals surface area contributed by atoms with E-state index in [1.54, 1.807) is 12.1 Å². The number of halogens is 1. The van der Waals surface area contributed by atoms with Crippen molar-refractivity contribution in [3.8, 4) is 5.75 Å². The van der Waals surface area contributed by atoms with Crippen LogP contribution in [0.2, 0.25) is 0 Å². The Balaban J connectivity index is 1.40. The summed E-state index contributed by atoms with van der Waals surface area (Å²) >= 11 is 0. The van der Waals surface area contributed by atoms with Gasteiger partial charge in [0, 0.05) is 17.7 Å². The van der Waals surface area contributed by atoms with Gasteiger partial charge in [0.05, 0.1) is 12.7 Å². The summed E-state index contributed by atoms with van der Waals surface area (Å²) in [5.41, 5.74) is 0.0304. The van der Waals surface area contributed by atoms with Gasteiger partial charge in [0.25, 0.3) is 0 Å². The Morgan fingerprint density at radius 2 is 2.00 bits per heavy atom. The molecule has 1 amide bonds. The van der Waals surface area contributed by atoms with Crippen molar-refractivity contribution in [2.75, 3.05) is 0 Å². The second kappa shape index (κ2) is 6.48. The summed E-state index contributed by atoms with van der Waals surface area (Å²) in [5.74, 6) is 0.0524. The summed E-state index contributed by atoms with van der Waals surface area (Å²) in [6, 6.07) is 4.72. The molecule has 5 nitrogen and oxygen atoms in total. The van der Waals surface area contributed by atoms with Crippen molar-refractivity contribution in [3.63, 3.8) is 0 Å². The predicted octanol–water partition coefficient (Wildman–Crippen LogP) is 3.53. The Morgan fingerprint density at radius 1 is 1.32 bits per heavy atom. The molecule has 3 rings (SSSR count). The SMILES string of the molecule is CC(C)(C)OC(=O)NC1CC2(C1)CC(Oc1ccc(CO)c(F)c1)C2. The zero-order valence-corrected chi connectivity index (χ0v) is 15.0. The van der Waals surface area contributed by atoms with Gasteiger partial charge in [-0.25, -0.2) is 9.18 Å². The van der Waals surface area contributed by atoms with Gasteiger partial charge in [-0.2, -0.15) is 0 Å². The third-order valence-corrected chi connectivity index (χ3v) is 4.90. The van der Waals surface area contributed by atoms with E-state index in [0.717, 1.165) is 25.7 Å². The van der Waals surface area contributed by atoms with E-state index >= 15 is 0 Å². The summed E-state index contributed by atoms with van der Waals surface area (Å²) in [5, 5.41) is 11.9. The number of hydrogen-bond acceptors (Lipinski definition) is 4. The third kappa shape index (κ3) is 4.24. The van der Waals surface area contributed by atoms with Crippen molar-refractivity contribution in [2.45, 2.75) is 70.8 Å². The van der Waals surface area contributed by atoms with E-state index in [4.69, 9.17) is 14.6 Å². The molecule has 0 aromatic heterocycles. The zero-order valence-electron chi connectivity index (χ0n) is 15.0. The van der Waals surface area contributed by atoms with Crippen LogP contribution in [-0.4, -0.2) is 28.9 Å². The monoisotopic (exact) mass is 351 g/mol. The Hall–Kier alpha value is -1.82. The molecule has 0 heterocycles. The number of benzene rings is 1. The minimum absolute atomic E-state index is 0.0850. The first-order chi connectivity index (χ1) is 11.7. The molecular weight excluding hydrogens is 325 g/mol. The summed E-state index contributed by atoms with van der Waals surface area (Å²) in [6.07, 6.45) is 3.43. The minimum atomic E-state index is -0.484. The van der Waals surface area contributed by atoms with Gasteiger partial charge < -0.3 is 19.9 Å². The fourth-order valence-electron chi connectivity index (χ4n) is 3.81. The maximum atomic E-state index is 13.7. The standard InChI is InChI=1S/C19H26FNO4/c1-18(2,3)25-17(23)21-13-7-19(8-13)9-15(10-19)24-14-5-4-12(11-22)16(20)6-14/h4-6,13,15,22H,7-11H2,1-3H3,(H,21,23). The Bertz CT molecular complexity index is 641.